The van der Waals surface area contributed by atoms with Gasteiger partial charge in [-0.05, 0) is 24.1 Å². The summed E-state index contributed by atoms with van der Waals surface area (Å²) in [7, 11) is 0. The number of amides is 1. The van der Waals surface area contributed by atoms with Gasteiger partial charge in [-0.3, -0.25) is 4.79 Å². The van der Waals surface area contributed by atoms with E-state index in [0.717, 1.165) is 0 Å². The summed E-state index contributed by atoms with van der Waals surface area (Å²) in [6.07, 6.45) is -0.658. The van der Waals surface area contributed by atoms with Crippen LogP contribution in [0.3, 0.4) is 0 Å². The fraction of sp³-hybridized carbons (Fsp3) is 0.588. The number of hydrogen-bond acceptors (Lipinski definition) is 3. The maximum absolute atomic E-state index is 12.9. The van der Waals surface area contributed by atoms with E-state index in [0.29, 0.717) is 18.4 Å². The molecule has 1 aromatic carbocycles. The third kappa shape index (κ3) is 5.59. The van der Waals surface area contributed by atoms with Crippen LogP contribution in [0, 0.1) is 0 Å². The molecule has 1 aromatic rings. The van der Waals surface area contributed by atoms with Crippen molar-refractivity contribution in [3.8, 4) is 5.75 Å². The van der Waals surface area contributed by atoms with Crippen molar-refractivity contribution in [2.24, 2.45) is 0 Å². The van der Waals surface area contributed by atoms with Crippen LogP contribution in [0.25, 0.3) is 0 Å². The molecule has 0 bridgehead atoms. The first-order chi connectivity index (χ1) is 11.6. The van der Waals surface area contributed by atoms with E-state index in [-0.39, 0.29) is 5.75 Å². The standard InChI is InChI=1S/C17H21F4NO3/c1-2-4-13(11-5-3-6-12(7-11)25-15(18)19)22-14(23)8-16(24)9-17(20,21)10-16/h3,5-7,13,15,24H,2,4,8-10H2,1H3,(H,22,23)/t13-/m0/s1. The molecule has 0 unspecified atom stereocenters. The predicted molar refractivity (Wildman–Crippen MR) is 82.6 cm³/mol. The Morgan fingerprint density at radius 3 is 2.60 bits per heavy atom. The summed E-state index contributed by atoms with van der Waals surface area (Å²) >= 11 is 0. The minimum Gasteiger partial charge on any atom is -0.435 e. The topological polar surface area (TPSA) is 58.6 Å². The zero-order valence-corrected chi connectivity index (χ0v) is 13.8. The summed E-state index contributed by atoms with van der Waals surface area (Å²) in [6.45, 7) is -1.07. The molecule has 1 aliphatic carbocycles. The Balaban J connectivity index is 2.02. The van der Waals surface area contributed by atoms with Crippen molar-refractivity contribution in [1.29, 1.82) is 0 Å². The van der Waals surface area contributed by atoms with E-state index in [4.69, 9.17) is 0 Å². The molecule has 0 aliphatic heterocycles. The Kier molecular flexibility index (Phi) is 5.92. The maximum Gasteiger partial charge on any atom is 0.387 e. The predicted octanol–water partition coefficient (Wildman–Crippen LogP) is 3.80. The summed E-state index contributed by atoms with van der Waals surface area (Å²) in [5.74, 6) is -3.52. The molecule has 1 amide bonds. The van der Waals surface area contributed by atoms with Crippen LogP contribution in [0.1, 0.15) is 50.6 Å². The van der Waals surface area contributed by atoms with Gasteiger partial charge in [0.2, 0.25) is 5.91 Å². The van der Waals surface area contributed by atoms with Crippen LogP contribution < -0.4 is 10.1 Å². The van der Waals surface area contributed by atoms with Gasteiger partial charge in [-0.1, -0.05) is 25.5 Å². The first-order valence-corrected chi connectivity index (χ1v) is 8.07. The van der Waals surface area contributed by atoms with Crippen LogP contribution in [0.4, 0.5) is 17.6 Å². The number of aliphatic hydroxyl groups is 1. The summed E-state index contributed by atoms with van der Waals surface area (Å²) in [5, 5.41) is 12.6. The molecule has 25 heavy (non-hydrogen) atoms. The summed E-state index contributed by atoms with van der Waals surface area (Å²) < 4.78 is 54.8. The molecule has 4 nitrogen and oxygen atoms in total. The molecule has 2 rings (SSSR count). The number of hydrogen-bond donors (Lipinski definition) is 2. The molecule has 1 atom stereocenters. The minimum atomic E-state index is -2.95. The van der Waals surface area contributed by atoms with E-state index in [1.807, 2.05) is 6.92 Å². The number of rotatable bonds is 8. The normalized spacial score (nSPS) is 19.2. The first-order valence-electron chi connectivity index (χ1n) is 8.07. The molecule has 2 N–H and O–H groups in total. The SMILES string of the molecule is CCC[C@H](NC(=O)CC1(O)CC(F)(F)C1)c1cccc(OC(F)F)c1. The van der Waals surface area contributed by atoms with Crippen LogP contribution in [-0.2, 0) is 4.79 Å². The smallest absolute Gasteiger partial charge is 0.387 e. The molecular formula is C17H21F4NO3. The number of carbonyl (C=O) groups is 1. The molecule has 1 saturated carbocycles. The van der Waals surface area contributed by atoms with Gasteiger partial charge >= 0.3 is 6.61 Å². The molecule has 0 saturated heterocycles. The van der Waals surface area contributed by atoms with Crippen LogP contribution in [0.2, 0.25) is 0 Å². The van der Waals surface area contributed by atoms with Gasteiger partial charge in [-0.15, -0.1) is 0 Å². The van der Waals surface area contributed by atoms with Gasteiger partial charge in [0, 0.05) is 12.8 Å². The van der Waals surface area contributed by atoms with Crippen molar-refractivity contribution in [3.63, 3.8) is 0 Å². The van der Waals surface area contributed by atoms with Gasteiger partial charge in [0.15, 0.2) is 0 Å². The lowest BCUT2D eigenvalue weighted by Gasteiger charge is -2.42. The number of benzene rings is 1. The van der Waals surface area contributed by atoms with E-state index < -0.39 is 49.3 Å². The fourth-order valence-electron chi connectivity index (χ4n) is 3.10. The monoisotopic (exact) mass is 363 g/mol. The van der Waals surface area contributed by atoms with E-state index >= 15 is 0 Å². The summed E-state index contributed by atoms with van der Waals surface area (Å²) in [5.41, 5.74) is -1.12. The van der Waals surface area contributed by atoms with E-state index in [1.54, 1.807) is 6.07 Å². The van der Waals surface area contributed by atoms with E-state index in [1.165, 1.54) is 18.2 Å². The van der Waals surface area contributed by atoms with Gasteiger partial charge in [-0.2, -0.15) is 8.78 Å². The highest BCUT2D eigenvalue weighted by Gasteiger charge is 2.56. The summed E-state index contributed by atoms with van der Waals surface area (Å²) in [6, 6.07) is 5.48. The Bertz CT molecular complexity index is 601. The van der Waals surface area contributed by atoms with Crippen molar-refractivity contribution in [2.75, 3.05) is 0 Å². The van der Waals surface area contributed by atoms with Gasteiger partial charge in [0.25, 0.3) is 5.92 Å². The average molecular weight is 363 g/mol. The Labute approximate surface area is 143 Å². The quantitative estimate of drug-likeness (QED) is 0.691. The molecule has 0 spiro atoms. The Hall–Kier alpha value is -1.83. The van der Waals surface area contributed by atoms with Crippen LogP contribution in [0.5, 0.6) is 5.75 Å². The third-order valence-corrected chi connectivity index (χ3v) is 4.06. The number of halogens is 4. The molecule has 1 aliphatic rings. The summed E-state index contributed by atoms with van der Waals surface area (Å²) in [4.78, 5) is 12.1. The third-order valence-electron chi connectivity index (χ3n) is 4.06. The number of ether oxygens (including phenoxy) is 1. The second-order valence-electron chi connectivity index (χ2n) is 6.47. The zero-order chi connectivity index (χ0) is 18.7. The van der Waals surface area contributed by atoms with Crippen molar-refractivity contribution in [1.82, 2.24) is 5.32 Å². The highest BCUT2D eigenvalue weighted by molar-refractivity contribution is 5.77. The maximum atomic E-state index is 12.9. The molecule has 0 radical (unpaired) electrons. The van der Waals surface area contributed by atoms with Gasteiger partial charge < -0.3 is 15.2 Å². The average Bonchev–Trinajstić information content (AvgIpc) is 2.43. The highest BCUT2D eigenvalue weighted by Crippen LogP contribution is 2.47. The van der Waals surface area contributed by atoms with Gasteiger partial charge in [0.1, 0.15) is 5.75 Å². The van der Waals surface area contributed by atoms with E-state index in [2.05, 4.69) is 10.1 Å². The van der Waals surface area contributed by atoms with Crippen LogP contribution >= 0.6 is 0 Å². The lowest BCUT2D eigenvalue weighted by Crippen LogP contribution is -2.54. The number of nitrogens with one attached hydrogen (secondary N) is 1. The lowest BCUT2D eigenvalue weighted by atomic mass is 9.74. The second-order valence-corrected chi connectivity index (χ2v) is 6.47. The molecule has 0 heterocycles. The number of alkyl halides is 4. The Morgan fingerprint density at radius 1 is 1.36 bits per heavy atom. The lowest BCUT2D eigenvalue weighted by molar-refractivity contribution is -0.206. The molecular weight excluding hydrogens is 342 g/mol. The van der Waals surface area contributed by atoms with Crippen LogP contribution in [-0.4, -0.2) is 29.1 Å². The second kappa shape index (κ2) is 7.59. The molecule has 8 heteroatoms. The highest BCUT2D eigenvalue weighted by atomic mass is 19.3. The minimum absolute atomic E-state index is 0.0277. The van der Waals surface area contributed by atoms with Gasteiger partial charge in [-0.25, -0.2) is 8.78 Å². The molecule has 0 aromatic heterocycles. The van der Waals surface area contributed by atoms with Gasteiger partial charge in [0.05, 0.1) is 18.1 Å². The largest absolute Gasteiger partial charge is 0.435 e. The van der Waals surface area contributed by atoms with Crippen molar-refractivity contribution in [3.05, 3.63) is 29.8 Å². The zero-order valence-electron chi connectivity index (χ0n) is 13.8. The van der Waals surface area contributed by atoms with Crippen molar-refractivity contribution < 1.29 is 32.2 Å². The fourth-order valence-corrected chi connectivity index (χ4v) is 3.10. The Morgan fingerprint density at radius 2 is 2.04 bits per heavy atom. The van der Waals surface area contributed by atoms with Crippen LogP contribution in [0.15, 0.2) is 24.3 Å². The number of carbonyl (C=O) groups excluding carboxylic acids is 1. The first kappa shape index (κ1) is 19.5. The van der Waals surface area contributed by atoms with Crippen molar-refractivity contribution in [2.45, 2.75) is 63.2 Å². The molecule has 140 valence electrons. The van der Waals surface area contributed by atoms with E-state index in [9.17, 15) is 27.5 Å². The molecule has 1 fully saturated rings. The van der Waals surface area contributed by atoms with Crippen molar-refractivity contribution >= 4 is 5.91 Å².